The number of aromatic nitrogens is 1. The lowest BCUT2D eigenvalue weighted by Gasteiger charge is -2.11. The first-order chi connectivity index (χ1) is 12.8. The molecule has 0 amide bonds. The summed E-state index contributed by atoms with van der Waals surface area (Å²) in [7, 11) is 0. The predicted molar refractivity (Wildman–Crippen MR) is 89.2 cm³/mol. The van der Waals surface area contributed by atoms with Crippen molar-refractivity contribution < 1.29 is 36.9 Å². The summed E-state index contributed by atoms with van der Waals surface area (Å²) in [4.78, 5) is 14.7. The quantitative estimate of drug-likeness (QED) is 0.466. The van der Waals surface area contributed by atoms with Gasteiger partial charge in [-0.1, -0.05) is 18.5 Å². The van der Waals surface area contributed by atoms with Crippen molar-refractivity contribution >= 4 is 17.6 Å². The zero-order chi connectivity index (χ0) is 19.9. The van der Waals surface area contributed by atoms with E-state index >= 15 is 0 Å². The highest BCUT2D eigenvalue weighted by Crippen LogP contribution is 2.32. The van der Waals surface area contributed by atoms with Crippen molar-refractivity contribution in [3.05, 3.63) is 41.6 Å². The Kier molecular flexibility index (Phi) is 7.12. The van der Waals surface area contributed by atoms with Crippen molar-refractivity contribution in [2.24, 2.45) is 0 Å². The first kappa shape index (κ1) is 20.6. The zero-order valence-corrected chi connectivity index (χ0v) is 14.8. The lowest BCUT2D eigenvalue weighted by atomic mass is 10.3. The third kappa shape index (κ3) is 7.22. The summed E-state index contributed by atoms with van der Waals surface area (Å²) < 4.78 is 55.9. The monoisotopic (exact) mass is 405 g/mol. The molecule has 2 rings (SSSR count). The number of ether oxygens (including phenoxy) is 4. The van der Waals surface area contributed by atoms with Gasteiger partial charge in [0.1, 0.15) is 35.5 Å². The number of nitrogens with zero attached hydrogens (tertiary/aromatic N) is 1. The van der Waals surface area contributed by atoms with Gasteiger partial charge >= 0.3 is 12.3 Å². The van der Waals surface area contributed by atoms with Gasteiger partial charge in [0.15, 0.2) is 0 Å². The summed E-state index contributed by atoms with van der Waals surface area (Å²) >= 11 is 5.86. The maximum Gasteiger partial charge on any atom is 0.573 e. The maximum absolute atomic E-state index is 12.2. The van der Waals surface area contributed by atoms with Crippen molar-refractivity contribution in [3.8, 4) is 23.1 Å². The molecule has 0 saturated carbocycles. The van der Waals surface area contributed by atoms with Crippen LogP contribution in [0.4, 0.5) is 13.2 Å². The Labute approximate surface area is 157 Å². The van der Waals surface area contributed by atoms with Crippen molar-refractivity contribution in [3.63, 3.8) is 0 Å². The van der Waals surface area contributed by atoms with Crippen LogP contribution in [-0.4, -0.2) is 30.5 Å². The van der Waals surface area contributed by atoms with Gasteiger partial charge in [0, 0.05) is 12.5 Å². The van der Waals surface area contributed by atoms with Gasteiger partial charge in [0.05, 0.1) is 6.20 Å². The lowest BCUT2D eigenvalue weighted by Crippen LogP contribution is -2.17. The zero-order valence-electron chi connectivity index (χ0n) is 14.1. The summed E-state index contributed by atoms with van der Waals surface area (Å²) in [6, 6.07) is 7.28. The number of hydrogen-bond acceptors (Lipinski definition) is 6. The van der Waals surface area contributed by atoms with E-state index in [9.17, 15) is 18.0 Å². The van der Waals surface area contributed by atoms with Crippen LogP contribution < -0.4 is 14.2 Å². The Morgan fingerprint density at radius 2 is 1.78 bits per heavy atom. The number of benzene rings is 1. The van der Waals surface area contributed by atoms with Crippen molar-refractivity contribution in [2.75, 3.05) is 13.2 Å². The third-order valence-corrected chi connectivity index (χ3v) is 3.23. The van der Waals surface area contributed by atoms with E-state index in [0.717, 1.165) is 12.3 Å². The number of pyridine rings is 1. The van der Waals surface area contributed by atoms with E-state index in [-0.39, 0.29) is 30.1 Å². The Bertz CT molecular complexity index is 768. The molecule has 0 aliphatic carbocycles. The predicted octanol–water partition coefficient (Wildman–Crippen LogP) is 4.76. The van der Waals surface area contributed by atoms with Gasteiger partial charge < -0.3 is 18.9 Å². The number of carbonyl (C=O) groups excluding carboxylic acids is 1. The summed E-state index contributed by atoms with van der Waals surface area (Å²) in [5.74, 6) is -0.0707. The Balaban J connectivity index is 1.89. The molecule has 2 aromatic rings. The van der Waals surface area contributed by atoms with Crippen molar-refractivity contribution in [1.82, 2.24) is 4.98 Å². The van der Waals surface area contributed by atoms with Gasteiger partial charge in [0.2, 0.25) is 5.88 Å². The van der Waals surface area contributed by atoms with Crippen LogP contribution in [0.1, 0.15) is 13.3 Å². The van der Waals surface area contributed by atoms with E-state index in [0.29, 0.717) is 17.9 Å². The molecule has 1 aromatic carbocycles. The second-order valence-corrected chi connectivity index (χ2v) is 5.41. The van der Waals surface area contributed by atoms with Gasteiger partial charge in [0.25, 0.3) is 0 Å². The standard InChI is InChI=1S/C17H15ClF3NO5/c1-2-15(23)25-8-7-24-11-3-5-12(6-4-11)26-16-14(18)9-13(10-22-16)27-17(19,20)21/h3-6,9-10H,2,7-8H2,1H3. The van der Waals surface area contributed by atoms with Crippen LogP contribution in [0, 0.1) is 0 Å². The molecular weight excluding hydrogens is 391 g/mol. The van der Waals surface area contributed by atoms with E-state index in [4.69, 9.17) is 25.8 Å². The summed E-state index contributed by atoms with van der Waals surface area (Å²) in [6.07, 6.45) is -3.69. The summed E-state index contributed by atoms with van der Waals surface area (Å²) in [5.41, 5.74) is 0. The van der Waals surface area contributed by atoms with Gasteiger partial charge in [-0.15, -0.1) is 13.2 Å². The van der Waals surface area contributed by atoms with Crippen LogP contribution in [0.3, 0.4) is 0 Å². The topological polar surface area (TPSA) is 66.9 Å². The highest BCUT2D eigenvalue weighted by molar-refractivity contribution is 6.32. The smallest absolute Gasteiger partial charge is 0.490 e. The fourth-order valence-corrected chi connectivity index (χ4v) is 2.00. The van der Waals surface area contributed by atoms with Gasteiger partial charge in [-0.25, -0.2) is 4.98 Å². The molecule has 0 fully saturated rings. The van der Waals surface area contributed by atoms with E-state index in [1.54, 1.807) is 31.2 Å². The molecule has 1 heterocycles. The molecule has 10 heteroatoms. The van der Waals surface area contributed by atoms with Crippen molar-refractivity contribution in [1.29, 1.82) is 0 Å². The third-order valence-electron chi connectivity index (χ3n) is 2.96. The molecule has 0 N–H and O–H groups in total. The lowest BCUT2D eigenvalue weighted by molar-refractivity contribution is -0.274. The first-order valence-electron chi connectivity index (χ1n) is 7.74. The Morgan fingerprint density at radius 3 is 2.37 bits per heavy atom. The fourth-order valence-electron chi connectivity index (χ4n) is 1.80. The molecule has 0 radical (unpaired) electrons. The van der Waals surface area contributed by atoms with Gasteiger partial charge in [-0.3, -0.25) is 4.79 Å². The van der Waals surface area contributed by atoms with Crippen LogP contribution in [0.5, 0.6) is 23.1 Å². The average Bonchev–Trinajstić information content (AvgIpc) is 2.60. The molecule has 6 nitrogen and oxygen atoms in total. The van der Waals surface area contributed by atoms with Crippen molar-refractivity contribution in [2.45, 2.75) is 19.7 Å². The largest absolute Gasteiger partial charge is 0.573 e. The van der Waals surface area contributed by atoms with Crippen LogP contribution in [0.15, 0.2) is 36.5 Å². The highest BCUT2D eigenvalue weighted by atomic mass is 35.5. The molecule has 0 saturated heterocycles. The minimum absolute atomic E-state index is 0.0775. The molecule has 0 spiro atoms. The highest BCUT2D eigenvalue weighted by Gasteiger charge is 2.31. The normalized spacial score (nSPS) is 11.0. The number of alkyl halides is 3. The van der Waals surface area contributed by atoms with Crippen LogP contribution in [0.25, 0.3) is 0 Å². The summed E-state index contributed by atoms with van der Waals surface area (Å²) in [6.45, 7) is 2.02. The van der Waals surface area contributed by atoms with Gasteiger partial charge in [-0.2, -0.15) is 0 Å². The number of halogens is 4. The van der Waals surface area contributed by atoms with E-state index in [1.807, 2.05) is 0 Å². The maximum atomic E-state index is 12.2. The first-order valence-corrected chi connectivity index (χ1v) is 8.12. The Morgan fingerprint density at radius 1 is 1.11 bits per heavy atom. The van der Waals surface area contributed by atoms with Crippen LogP contribution in [0.2, 0.25) is 5.02 Å². The molecule has 0 aliphatic heterocycles. The second kappa shape index (κ2) is 9.31. The molecule has 0 atom stereocenters. The minimum Gasteiger partial charge on any atom is -0.490 e. The fraction of sp³-hybridized carbons (Fsp3) is 0.294. The second-order valence-electron chi connectivity index (χ2n) is 5.00. The number of esters is 1. The minimum atomic E-state index is -4.84. The molecule has 146 valence electrons. The number of rotatable bonds is 8. The molecule has 0 aliphatic rings. The SMILES string of the molecule is CCC(=O)OCCOc1ccc(Oc2ncc(OC(F)(F)F)cc2Cl)cc1. The number of carbonyl (C=O) groups is 1. The molecular formula is C17H15ClF3NO5. The number of hydrogen-bond donors (Lipinski definition) is 0. The van der Waals surface area contributed by atoms with E-state index < -0.39 is 12.1 Å². The van der Waals surface area contributed by atoms with Gasteiger partial charge in [-0.05, 0) is 24.3 Å². The summed E-state index contributed by atoms with van der Waals surface area (Å²) in [5, 5.41) is -0.144. The molecule has 0 unspecified atom stereocenters. The van der Waals surface area contributed by atoms with Crippen LogP contribution in [-0.2, 0) is 9.53 Å². The van der Waals surface area contributed by atoms with Crippen LogP contribution >= 0.6 is 11.6 Å². The molecule has 27 heavy (non-hydrogen) atoms. The van der Waals surface area contributed by atoms with E-state index in [2.05, 4.69) is 9.72 Å². The Hall–Kier alpha value is -2.68. The van der Waals surface area contributed by atoms with E-state index in [1.165, 1.54) is 0 Å². The molecule has 0 bridgehead atoms. The molecule has 1 aromatic heterocycles. The average molecular weight is 406 g/mol.